The highest BCUT2D eigenvalue weighted by Crippen LogP contribution is 2.26. The zero-order chi connectivity index (χ0) is 15.4. The standard InChI is InChI=1S/C16H13ClO4/c1-2-15(18)10-3-5-11(6-4-10)21-12-7-8-14(17)13(9-12)16(19)20/h3-9H,2H2,1H3,(H,19,20). The molecule has 21 heavy (non-hydrogen) atoms. The van der Waals surface area contributed by atoms with Crippen LogP contribution in [0.3, 0.4) is 0 Å². The number of carbonyl (C=O) groups excluding carboxylic acids is 1. The summed E-state index contributed by atoms with van der Waals surface area (Å²) in [6, 6.07) is 11.1. The number of ketones is 1. The third-order valence-corrected chi connectivity index (χ3v) is 3.23. The molecule has 0 aliphatic heterocycles. The van der Waals surface area contributed by atoms with Gasteiger partial charge in [-0.15, -0.1) is 0 Å². The number of carbonyl (C=O) groups is 2. The lowest BCUT2D eigenvalue weighted by molar-refractivity contribution is 0.0696. The van der Waals surface area contributed by atoms with E-state index in [0.717, 1.165) is 0 Å². The number of hydrogen-bond donors (Lipinski definition) is 1. The van der Waals surface area contributed by atoms with Gasteiger partial charge in [0.05, 0.1) is 10.6 Å². The van der Waals surface area contributed by atoms with Crippen molar-refractivity contribution in [1.29, 1.82) is 0 Å². The molecule has 0 heterocycles. The number of carboxylic acids is 1. The van der Waals surface area contributed by atoms with Crippen molar-refractivity contribution >= 4 is 23.4 Å². The van der Waals surface area contributed by atoms with Crippen molar-refractivity contribution in [3.8, 4) is 11.5 Å². The second-order valence-electron chi connectivity index (χ2n) is 4.35. The molecule has 0 bridgehead atoms. The number of carboxylic acid groups (broad SMARTS) is 1. The van der Waals surface area contributed by atoms with Crippen LogP contribution in [0, 0.1) is 0 Å². The van der Waals surface area contributed by atoms with E-state index < -0.39 is 5.97 Å². The Bertz CT molecular complexity index is 677. The second kappa shape index (κ2) is 6.41. The Morgan fingerprint density at radius 1 is 1.10 bits per heavy atom. The Balaban J connectivity index is 2.20. The van der Waals surface area contributed by atoms with E-state index in [2.05, 4.69) is 0 Å². The summed E-state index contributed by atoms with van der Waals surface area (Å²) >= 11 is 5.79. The van der Waals surface area contributed by atoms with Crippen LogP contribution in [0.5, 0.6) is 11.5 Å². The van der Waals surface area contributed by atoms with Gasteiger partial charge >= 0.3 is 5.97 Å². The fourth-order valence-corrected chi connectivity index (χ4v) is 1.98. The van der Waals surface area contributed by atoms with E-state index in [-0.39, 0.29) is 16.4 Å². The molecule has 5 heteroatoms. The summed E-state index contributed by atoms with van der Waals surface area (Å²) in [5, 5.41) is 9.15. The molecule has 0 radical (unpaired) electrons. The van der Waals surface area contributed by atoms with Crippen molar-refractivity contribution in [2.45, 2.75) is 13.3 Å². The maximum atomic E-state index is 11.5. The van der Waals surface area contributed by atoms with Gasteiger partial charge in [0.1, 0.15) is 11.5 Å². The predicted molar refractivity (Wildman–Crippen MR) is 79.5 cm³/mol. The average Bonchev–Trinajstić information content (AvgIpc) is 2.49. The minimum atomic E-state index is -1.12. The largest absolute Gasteiger partial charge is 0.478 e. The van der Waals surface area contributed by atoms with Crippen molar-refractivity contribution in [3.63, 3.8) is 0 Å². The van der Waals surface area contributed by atoms with E-state index in [4.69, 9.17) is 21.4 Å². The van der Waals surface area contributed by atoms with Gasteiger partial charge in [-0.1, -0.05) is 18.5 Å². The van der Waals surface area contributed by atoms with Crippen LogP contribution in [0.4, 0.5) is 0 Å². The van der Waals surface area contributed by atoms with Crippen LogP contribution in [0.25, 0.3) is 0 Å². The summed E-state index contributed by atoms with van der Waals surface area (Å²) in [5.74, 6) is -0.178. The molecule has 0 aliphatic carbocycles. The molecule has 0 fully saturated rings. The normalized spacial score (nSPS) is 10.2. The van der Waals surface area contributed by atoms with Crippen LogP contribution in [0.2, 0.25) is 5.02 Å². The van der Waals surface area contributed by atoms with Gasteiger partial charge in [-0.25, -0.2) is 4.79 Å². The molecule has 0 amide bonds. The fourth-order valence-electron chi connectivity index (χ4n) is 1.78. The fraction of sp³-hybridized carbons (Fsp3) is 0.125. The third-order valence-electron chi connectivity index (χ3n) is 2.90. The van der Waals surface area contributed by atoms with Crippen LogP contribution in [0.15, 0.2) is 42.5 Å². The molecule has 0 saturated carbocycles. The zero-order valence-corrected chi connectivity index (χ0v) is 12.1. The highest BCUT2D eigenvalue weighted by Gasteiger charge is 2.10. The quantitative estimate of drug-likeness (QED) is 0.830. The van der Waals surface area contributed by atoms with Crippen LogP contribution >= 0.6 is 11.6 Å². The van der Waals surface area contributed by atoms with Crippen LogP contribution in [0.1, 0.15) is 34.1 Å². The van der Waals surface area contributed by atoms with Gasteiger partial charge in [-0.3, -0.25) is 4.79 Å². The van der Waals surface area contributed by atoms with E-state index in [1.165, 1.54) is 12.1 Å². The second-order valence-corrected chi connectivity index (χ2v) is 4.76. The third kappa shape index (κ3) is 3.61. The van der Waals surface area contributed by atoms with Crippen molar-refractivity contribution in [2.24, 2.45) is 0 Å². The molecule has 1 N–H and O–H groups in total. The molecule has 2 aromatic carbocycles. The average molecular weight is 305 g/mol. The van der Waals surface area contributed by atoms with E-state index >= 15 is 0 Å². The van der Waals surface area contributed by atoms with E-state index in [0.29, 0.717) is 23.5 Å². The number of hydrogen-bond acceptors (Lipinski definition) is 3. The van der Waals surface area contributed by atoms with Crippen molar-refractivity contribution in [3.05, 3.63) is 58.6 Å². The molecule has 0 aromatic heterocycles. The van der Waals surface area contributed by atoms with Gasteiger partial charge in [0.15, 0.2) is 5.78 Å². The first-order chi connectivity index (χ1) is 10.0. The number of ether oxygens (including phenoxy) is 1. The Labute approximate surface area is 126 Å². The highest BCUT2D eigenvalue weighted by molar-refractivity contribution is 6.33. The maximum Gasteiger partial charge on any atom is 0.337 e. The van der Waals surface area contributed by atoms with Gasteiger partial charge in [-0.05, 0) is 42.5 Å². The Hall–Kier alpha value is -2.33. The van der Waals surface area contributed by atoms with Gasteiger partial charge in [-0.2, -0.15) is 0 Å². The molecular weight excluding hydrogens is 292 g/mol. The molecule has 4 nitrogen and oxygen atoms in total. The van der Waals surface area contributed by atoms with Gasteiger partial charge in [0, 0.05) is 12.0 Å². The maximum absolute atomic E-state index is 11.5. The minimum Gasteiger partial charge on any atom is -0.478 e. The number of benzene rings is 2. The predicted octanol–water partition coefficient (Wildman–Crippen LogP) is 4.42. The van der Waals surface area contributed by atoms with Crippen LogP contribution < -0.4 is 4.74 Å². The Kier molecular flexibility index (Phi) is 4.60. The van der Waals surface area contributed by atoms with Gasteiger partial charge < -0.3 is 9.84 Å². The molecule has 2 aromatic rings. The lowest BCUT2D eigenvalue weighted by Gasteiger charge is -2.08. The lowest BCUT2D eigenvalue weighted by atomic mass is 10.1. The van der Waals surface area contributed by atoms with Crippen LogP contribution in [-0.2, 0) is 0 Å². The van der Waals surface area contributed by atoms with E-state index in [1.807, 2.05) is 0 Å². The summed E-state index contributed by atoms with van der Waals surface area (Å²) in [5.41, 5.74) is 0.596. The zero-order valence-electron chi connectivity index (χ0n) is 11.3. The molecule has 0 aliphatic rings. The number of halogens is 1. The lowest BCUT2D eigenvalue weighted by Crippen LogP contribution is -1.98. The molecule has 108 valence electrons. The summed E-state index contributed by atoms with van der Waals surface area (Å²) in [6.45, 7) is 1.80. The first-order valence-electron chi connectivity index (χ1n) is 6.35. The highest BCUT2D eigenvalue weighted by atomic mass is 35.5. The summed E-state index contributed by atoms with van der Waals surface area (Å²) in [6.07, 6.45) is 0.444. The van der Waals surface area contributed by atoms with Gasteiger partial charge in [0.2, 0.25) is 0 Å². The van der Waals surface area contributed by atoms with E-state index in [9.17, 15) is 9.59 Å². The monoisotopic (exact) mass is 304 g/mol. The van der Waals surface area contributed by atoms with Crippen LogP contribution in [-0.4, -0.2) is 16.9 Å². The smallest absolute Gasteiger partial charge is 0.337 e. The SMILES string of the molecule is CCC(=O)c1ccc(Oc2ccc(Cl)c(C(=O)O)c2)cc1. The summed E-state index contributed by atoms with van der Waals surface area (Å²) in [7, 11) is 0. The van der Waals surface area contributed by atoms with Gasteiger partial charge in [0.25, 0.3) is 0 Å². The molecule has 0 atom stereocenters. The first kappa shape index (κ1) is 15.1. The number of aromatic carboxylic acids is 1. The van der Waals surface area contributed by atoms with E-state index in [1.54, 1.807) is 37.3 Å². The molecule has 0 spiro atoms. The molecule has 0 unspecified atom stereocenters. The Morgan fingerprint density at radius 3 is 2.29 bits per heavy atom. The minimum absolute atomic E-state index is 0.0213. The molecular formula is C16H13ClO4. The van der Waals surface area contributed by atoms with Crippen molar-refractivity contribution in [2.75, 3.05) is 0 Å². The number of rotatable bonds is 5. The summed E-state index contributed by atoms with van der Waals surface area (Å²) < 4.78 is 5.56. The molecule has 0 saturated heterocycles. The number of Topliss-reactive ketones (excluding diaryl/α,β-unsaturated/α-hetero) is 1. The Morgan fingerprint density at radius 2 is 1.71 bits per heavy atom. The summed E-state index contributed by atoms with van der Waals surface area (Å²) in [4.78, 5) is 22.5. The topological polar surface area (TPSA) is 63.6 Å². The first-order valence-corrected chi connectivity index (χ1v) is 6.73. The van der Waals surface area contributed by atoms with Crippen molar-refractivity contribution in [1.82, 2.24) is 0 Å². The van der Waals surface area contributed by atoms with Crippen molar-refractivity contribution < 1.29 is 19.4 Å². The molecule has 2 rings (SSSR count).